The number of aryl methyl sites for hydroxylation is 1. The normalized spacial score (nSPS) is 10.5. The first-order chi connectivity index (χ1) is 8.00. The molecule has 2 rings (SSSR count). The number of rotatable bonds is 2. The predicted octanol–water partition coefficient (Wildman–Crippen LogP) is 2.23. The molecular weight excluding hydrogens is 223 g/mol. The third-order valence-corrected chi connectivity index (χ3v) is 2.75. The van der Waals surface area contributed by atoms with Gasteiger partial charge in [-0.25, -0.2) is 9.18 Å². The molecule has 0 unspecified atom stereocenters. The number of hydrogen-bond acceptors (Lipinski definition) is 2. The summed E-state index contributed by atoms with van der Waals surface area (Å²) in [4.78, 5) is 10.7. The second kappa shape index (κ2) is 4.01. The molecule has 0 fully saturated rings. The van der Waals surface area contributed by atoms with Crippen molar-refractivity contribution in [2.45, 2.75) is 6.92 Å². The number of hydrogen-bond donors (Lipinski definition) is 1. The summed E-state index contributed by atoms with van der Waals surface area (Å²) in [5.41, 5.74) is 1.99. The van der Waals surface area contributed by atoms with Crippen LogP contribution in [0.5, 0.6) is 0 Å². The summed E-state index contributed by atoms with van der Waals surface area (Å²) in [5.74, 6) is -2.00. The van der Waals surface area contributed by atoms with Gasteiger partial charge in [0.15, 0.2) is 0 Å². The van der Waals surface area contributed by atoms with Gasteiger partial charge in [0.2, 0.25) is 0 Å². The second-order valence-corrected chi connectivity index (χ2v) is 3.77. The van der Waals surface area contributed by atoms with Gasteiger partial charge in [0.05, 0.1) is 11.8 Å². The minimum Gasteiger partial charge on any atom is -0.478 e. The Balaban J connectivity index is 2.52. The summed E-state index contributed by atoms with van der Waals surface area (Å²) in [7, 11) is 1.79. The predicted molar refractivity (Wildman–Crippen MR) is 60.3 cm³/mol. The van der Waals surface area contributed by atoms with Crippen molar-refractivity contribution in [2.75, 3.05) is 0 Å². The van der Waals surface area contributed by atoms with Crippen LogP contribution in [0.4, 0.5) is 4.39 Å². The molecule has 0 atom stereocenters. The Bertz CT molecular complexity index is 590. The van der Waals surface area contributed by atoms with Crippen molar-refractivity contribution in [1.82, 2.24) is 9.78 Å². The van der Waals surface area contributed by atoms with Gasteiger partial charge in [-0.15, -0.1) is 0 Å². The Labute approximate surface area is 97.3 Å². The van der Waals surface area contributed by atoms with Crippen molar-refractivity contribution < 1.29 is 14.3 Å². The van der Waals surface area contributed by atoms with Crippen LogP contribution in [0.1, 0.15) is 16.1 Å². The smallest absolute Gasteiger partial charge is 0.338 e. The highest BCUT2D eigenvalue weighted by Gasteiger charge is 2.13. The molecule has 17 heavy (non-hydrogen) atoms. The second-order valence-electron chi connectivity index (χ2n) is 3.77. The van der Waals surface area contributed by atoms with Crippen molar-refractivity contribution in [2.24, 2.45) is 7.05 Å². The van der Waals surface area contributed by atoms with Crippen LogP contribution in [-0.2, 0) is 7.05 Å². The van der Waals surface area contributed by atoms with Crippen LogP contribution in [0.2, 0.25) is 0 Å². The molecule has 1 heterocycles. The molecule has 0 saturated heterocycles. The van der Waals surface area contributed by atoms with Crippen LogP contribution in [0, 0.1) is 12.7 Å². The van der Waals surface area contributed by atoms with Crippen LogP contribution < -0.4 is 0 Å². The molecule has 1 N–H and O–H groups in total. The Morgan fingerprint density at radius 3 is 2.65 bits per heavy atom. The zero-order valence-electron chi connectivity index (χ0n) is 9.44. The average Bonchev–Trinajstić information content (AvgIpc) is 2.59. The van der Waals surface area contributed by atoms with Gasteiger partial charge in [-0.05, 0) is 24.6 Å². The zero-order chi connectivity index (χ0) is 12.6. The minimum atomic E-state index is -1.27. The van der Waals surface area contributed by atoms with Crippen molar-refractivity contribution in [3.63, 3.8) is 0 Å². The van der Waals surface area contributed by atoms with E-state index in [1.165, 1.54) is 12.1 Å². The molecule has 0 saturated carbocycles. The van der Waals surface area contributed by atoms with Crippen molar-refractivity contribution in [3.8, 4) is 11.1 Å². The molecule has 0 bridgehead atoms. The summed E-state index contributed by atoms with van der Waals surface area (Å²) >= 11 is 0. The van der Waals surface area contributed by atoms with E-state index in [0.717, 1.165) is 11.3 Å². The van der Waals surface area contributed by atoms with Crippen molar-refractivity contribution in [1.29, 1.82) is 0 Å². The molecule has 0 aliphatic heterocycles. The van der Waals surface area contributed by atoms with Gasteiger partial charge >= 0.3 is 5.97 Å². The molecule has 4 nitrogen and oxygen atoms in total. The summed E-state index contributed by atoms with van der Waals surface area (Å²) in [6, 6.07) is 4.06. The summed E-state index contributed by atoms with van der Waals surface area (Å²) in [5, 5.41) is 12.8. The molecule has 0 aliphatic rings. The molecule has 0 amide bonds. The first kappa shape index (κ1) is 11.3. The van der Waals surface area contributed by atoms with Crippen LogP contribution in [0.3, 0.4) is 0 Å². The highest BCUT2D eigenvalue weighted by Crippen LogP contribution is 2.24. The Kier molecular flexibility index (Phi) is 2.67. The van der Waals surface area contributed by atoms with Gasteiger partial charge in [0.25, 0.3) is 0 Å². The van der Waals surface area contributed by atoms with E-state index in [0.29, 0.717) is 5.56 Å². The zero-order valence-corrected chi connectivity index (χ0v) is 9.44. The van der Waals surface area contributed by atoms with E-state index in [1.807, 2.05) is 6.92 Å². The number of carboxylic acids is 1. The van der Waals surface area contributed by atoms with Gasteiger partial charge < -0.3 is 5.11 Å². The Morgan fingerprint density at radius 2 is 2.18 bits per heavy atom. The molecule has 2 aromatic rings. The highest BCUT2D eigenvalue weighted by molar-refractivity contribution is 5.88. The lowest BCUT2D eigenvalue weighted by atomic mass is 10.0. The monoisotopic (exact) mass is 234 g/mol. The maximum Gasteiger partial charge on any atom is 0.338 e. The van der Waals surface area contributed by atoms with Crippen molar-refractivity contribution in [3.05, 3.63) is 41.5 Å². The number of carbonyl (C=O) groups is 1. The number of aromatic nitrogens is 2. The quantitative estimate of drug-likeness (QED) is 0.866. The molecule has 0 spiro atoms. The number of aromatic carboxylic acids is 1. The summed E-state index contributed by atoms with van der Waals surface area (Å²) in [6.45, 7) is 1.87. The van der Waals surface area contributed by atoms with Gasteiger partial charge in [0.1, 0.15) is 5.82 Å². The summed E-state index contributed by atoms with van der Waals surface area (Å²) in [6.07, 6.45) is 1.63. The van der Waals surface area contributed by atoms with Crippen LogP contribution in [0.25, 0.3) is 11.1 Å². The van der Waals surface area contributed by atoms with Crippen LogP contribution >= 0.6 is 0 Å². The molecule has 0 aliphatic carbocycles. The third-order valence-electron chi connectivity index (χ3n) is 2.75. The van der Waals surface area contributed by atoms with Crippen molar-refractivity contribution >= 4 is 5.97 Å². The van der Waals surface area contributed by atoms with Crippen LogP contribution in [-0.4, -0.2) is 20.9 Å². The molecule has 1 aromatic carbocycles. The van der Waals surface area contributed by atoms with E-state index in [9.17, 15) is 9.18 Å². The molecule has 5 heteroatoms. The standard InChI is InChI=1S/C12H11FN2O2/c1-7-10(6-14-15(7)2)8-3-4-9(12(16)17)11(13)5-8/h3-6H,1-2H3,(H,16,17). The first-order valence-corrected chi connectivity index (χ1v) is 5.02. The largest absolute Gasteiger partial charge is 0.478 e. The lowest BCUT2D eigenvalue weighted by Crippen LogP contribution is -2.00. The Morgan fingerprint density at radius 1 is 1.47 bits per heavy atom. The maximum atomic E-state index is 13.5. The topological polar surface area (TPSA) is 55.1 Å². The first-order valence-electron chi connectivity index (χ1n) is 5.02. The number of benzene rings is 1. The maximum absolute atomic E-state index is 13.5. The van der Waals surface area contributed by atoms with E-state index in [2.05, 4.69) is 5.10 Å². The Hall–Kier alpha value is -2.17. The molecule has 88 valence electrons. The lowest BCUT2D eigenvalue weighted by Gasteiger charge is -2.03. The van der Waals surface area contributed by atoms with E-state index in [-0.39, 0.29) is 5.56 Å². The number of carboxylic acid groups (broad SMARTS) is 1. The fourth-order valence-electron chi connectivity index (χ4n) is 1.64. The lowest BCUT2D eigenvalue weighted by molar-refractivity contribution is 0.0692. The fourth-order valence-corrected chi connectivity index (χ4v) is 1.64. The van der Waals surface area contributed by atoms with Gasteiger partial charge in [-0.2, -0.15) is 5.10 Å². The fraction of sp³-hybridized carbons (Fsp3) is 0.167. The van der Waals surface area contributed by atoms with E-state index < -0.39 is 11.8 Å². The van der Waals surface area contributed by atoms with E-state index in [1.54, 1.807) is 24.0 Å². The SMILES string of the molecule is Cc1c(-c2ccc(C(=O)O)c(F)c2)cnn1C. The van der Waals surface area contributed by atoms with E-state index in [4.69, 9.17) is 5.11 Å². The van der Waals surface area contributed by atoms with Gasteiger partial charge in [-0.1, -0.05) is 6.07 Å². The van der Waals surface area contributed by atoms with Gasteiger partial charge in [0, 0.05) is 18.3 Å². The average molecular weight is 234 g/mol. The van der Waals surface area contributed by atoms with Gasteiger partial charge in [-0.3, -0.25) is 4.68 Å². The molecule has 0 radical (unpaired) electrons. The third kappa shape index (κ3) is 1.91. The molecular formula is C12H11FN2O2. The van der Waals surface area contributed by atoms with Crippen LogP contribution in [0.15, 0.2) is 24.4 Å². The number of halogens is 1. The number of nitrogens with zero attached hydrogens (tertiary/aromatic N) is 2. The molecule has 1 aromatic heterocycles. The minimum absolute atomic E-state index is 0.324. The summed E-state index contributed by atoms with van der Waals surface area (Å²) < 4.78 is 15.2. The highest BCUT2D eigenvalue weighted by atomic mass is 19.1. The van der Waals surface area contributed by atoms with E-state index >= 15 is 0 Å².